The molecule has 2 amide bonds. The molecule has 0 heterocycles. The van der Waals surface area contributed by atoms with Gasteiger partial charge >= 0.3 is 5.97 Å². The Kier molecular flexibility index (Phi) is 6.36. The highest BCUT2D eigenvalue weighted by atomic mass is 35.5. The Balaban J connectivity index is 2.18. The molecule has 0 aliphatic carbocycles. The maximum atomic E-state index is 12.4. The maximum absolute atomic E-state index is 12.4. The average molecular weight is 375 g/mol. The quantitative estimate of drug-likeness (QED) is 0.813. The number of benzene rings is 2. The molecule has 136 valence electrons. The highest BCUT2D eigenvalue weighted by molar-refractivity contribution is 6.31. The summed E-state index contributed by atoms with van der Waals surface area (Å²) in [5, 5.41) is 3.19. The van der Waals surface area contributed by atoms with Crippen molar-refractivity contribution in [1.82, 2.24) is 0 Å². The zero-order chi connectivity index (χ0) is 19.3. The summed E-state index contributed by atoms with van der Waals surface area (Å²) in [5.41, 5.74) is 2.04. The summed E-state index contributed by atoms with van der Waals surface area (Å²) in [6, 6.07) is 11.5. The molecule has 0 bridgehead atoms. The van der Waals surface area contributed by atoms with Crippen molar-refractivity contribution in [2.45, 2.75) is 13.8 Å². The molecule has 0 aliphatic heterocycles. The SMILES string of the molecule is COC(=O)c1cccc(NC(=O)CN(C(C)=O)c2cccc(Cl)c2C)c1. The number of esters is 1. The van der Waals surface area contributed by atoms with E-state index >= 15 is 0 Å². The van der Waals surface area contributed by atoms with Crippen molar-refractivity contribution in [3.05, 3.63) is 58.6 Å². The fraction of sp³-hybridized carbons (Fsp3) is 0.211. The van der Waals surface area contributed by atoms with E-state index < -0.39 is 11.9 Å². The van der Waals surface area contributed by atoms with Gasteiger partial charge in [0.15, 0.2) is 0 Å². The number of nitrogens with one attached hydrogen (secondary N) is 1. The summed E-state index contributed by atoms with van der Waals surface area (Å²) in [5.74, 6) is -1.18. The van der Waals surface area contributed by atoms with Crippen LogP contribution in [0.1, 0.15) is 22.8 Å². The van der Waals surface area contributed by atoms with Gasteiger partial charge in [-0.2, -0.15) is 0 Å². The lowest BCUT2D eigenvalue weighted by molar-refractivity contribution is -0.120. The lowest BCUT2D eigenvalue weighted by atomic mass is 10.1. The molecular weight excluding hydrogens is 356 g/mol. The lowest BCUT2D eigenvalue weighted by Crippen LogP contribution is -2.37. The molecule has 0 radical (unpaired) electrons. The number of nitrogens with zero attached hydrogens (tertiary/aromatic N) is 1. The first-order valence-corrected chi connectivity index (χ1v) is 8.22. The number of ether oxygens (including phenoxy) is 1. The Hall–Kier alpha value is -2.86. The minimum absolute atomic E-state index is 0.182. The average Bonchev–Trinajstić information content (AvgIpc) is 2.61. The van der Waals surface area contributed by atoms with E-state index in [2.05, 4.69) is 10.1 Å². The molecule has 0 aliphatic rings. The predicted molar refractivity (Wildman–Crippen MR) is 101 cm³/mol. The molecule has 6 nitrogen and oxygen atoms in total. The summed E-state index contributed by atoms with van der Waals surface area (Å²) >= 11 is 6.11. The Morgan fingerprint density at radius 1 is 1.15 bits per heavy atom. The molecule has 0 saturated heterocycles. The molecule has 2 rings (SSSR count). The second-order valence-corrected chi connectivity index (χ2v) is 6.02. The van der Waals surface area contributed by atoms with E-state index in [0.29, 0.717) is 27.5 Å². The highest BCUT2D eigenvalue weighted by Gasteiger charge is 2.19. The summed E-state index contributed by atoms with van der Waals surface area (Å²) in [4.78, 5) is 37.3. The third-order valence-electron chi connectivity index (χ3n) is 3.78. The van der Waals surface area contributed by atoms with Gasteiger partial charge < -0.3 is 15.0 Å². The number of hydrogen-bond acceptors (Lipinski definition) is 4. The number of methoxy groups -OCH3 is 1. The number of amides is 2. The normalized spacial score (nSPS) is 10.2. The van der Waals surface area contributed by atoms with Crippen LogP contribution in [0.25, 0.3) is 0 Å². The van der Waals surface area contributed by atoms with E-state index in [9.17, 15) is 14.4 Å². The molecule has 0 unspecified atom stereocenters. The van der Waals surface area contributed by atoms with Crippen LogP contribution < -0.4 is 10.2 Å². The number of rotatable bonds is 5. The minimum atomic E-state index is -0.499. The summed E-state index contributed by atoms with van der Waals surface area (Å²) in [6.07, 6.45) is 0. The molecule has 0 saturated carbocycles. The summed E-state index contributed by atoms with van der Waals surface area (Å²) < 4.78 is 4.66. The van der Waals surface area contributed by atoms with Gasteiger partial charge in [-0.05, 0) is 42.8 Å². The first-order valence-electron chi connectivity index (χ1n) is 7.85. The highest BCUT2D eigenvalue weighted by Crippen LogP contribution is 2.26. The number of halogens is 1. The van der Waals surface area contributed by atoms with Crippen LogP contribution in [0.3, 0.4) is 0 Å². The Morgan fingerprint density at radius 3 is 2.50 bits per heavy atom. The van der Waals surface area contributed by atoms with Crippen molar-refractivity contribution in [2.75, 3.05) is 23.9 Å². The number of carbonyl (C=O) groups is 3. The first kappa shape index (κ1) is 19.5. The lowest BCUT2D eigenvalue weighted by Gasteiger charge is -2.23. The second kappa shape index (κ2) is 8.49. The second-order valence-electron chi connectivity index (χ2n) is 5.61. The fourth-order valence-corrected chi connectivity index (χ4v) is 2.61. The fourth-order valence-electron chi connectivity index (χ4n) is 2.44. The molecule has 2 aromatic rings. The van der Waals surface area contributed by atoms with Crippen LogP contribution in [0, 0.1) is 6.92 Å². The van der Waals surface area contributed by atoms with Crippen molar-refractivity contribution in [1.29, 1.82) is 0 Å². The van der Waals surface area contributed by atoms with Gasteiger partial charge in [0.1, 0.15) is 6.54 Å². The zero-order valence-electron chi connectivity index (χ0n) is 14.7. The topological polar surface area (TPSA) is 75.7 Å². The van der Waals surface area contributed by atoms with Gasteiger partial charge in [-0.1, -0.05) is 23.7 Å². The van der Waals surface area contributed by atoms with Crippen LogP contribution in [-0.4, -0.2) is 31.4 Å². The van der Waals surface area contributed by atoms with Gasteiger partial charge in [0.05, 0.1) is 12.7 Å². The largest absolute Gasteiger partial charge is 0.465 e. The smallest absolute Gasteiger partial charge is 0.337 e. The van der Waals surface area contributed by atoms with Gasteiger partial charge in [0.25, 0.3) is 0 Å². The van der Waals surface area contributed by atoms with Crippen LogP contribution in [0.2, 0.25) is 5.02 Å². The van der Waals surface area contributed by atoms with Crippen LogP contribution in [0.4, 0.5) is 11.4 Å². The van der Waals surface area contributed by atoms with Gasteiger partial charge in [-0.15, -0.1) is 0 Å². The molecule has 7 heteroatoms. The van der Waals surface area contributed by atoms with Crippen LogP contribution in [-0.2, 0) is 14.3 Å². The van der Waals surface area contributed by atoms with Crippen molar-refractivity contribution >= 4 is 40.8 Å². The van der Waals surface area contributed by atoms with E-state index in [0.717, 1.165) is 0 Å². The predicted octanol–water partition coefficient (Wildman–Crippen LogP) is 3.43. The Bertz CT molecular complexity index is 851. The molecule has 2 aromatic carbocycles. The number of carbonyl (C=O) groups excluding carboxylic acids is 3. The molecule has 0 atom stereocenters. The third-order valence-corrected chi connectivity index (χ3v) is 4.19. The minimum Gasteiger partial charge on any atom is -0.465 e. The van der Waals surface area contributed by atoms with Crippen LogP contribution in [0.5, 0.6) is 0 Å². The molecule has 1 N–H and O–H groups in total. The molecule has 26 heavy (non-hydrogen) atoms. The maximum Gasteiger partial charge on any atom is 0.337 e. The summed E-state index contributed by atoms with van der Waals surface area (Å²) in [7, 11) is 1.28. The van der Waals surface area contributed by atoms with Crippen molar-refractivity contribution in [3.63, 3.8) is 0 Å². The van der Waals surface area contributed by atoms with E-state index in [1.54, 1.807) is 43.3 Å². The Labute approximate surface area is 156 Å². The molecule has 0 aromatic heterocycles. The molecule has 0 spiro atoms. The van der Waals surface area contributed by atoms with Crippen LogP contribution >= 0.6 is 11.6 Å². The van der Waals surface area contributed by atoms with E-state index in [1.807, 2.05) is 0 Å². The van der Waals surface area contributed by atoms with Gasteiger partial charge in [-0.3, -0.25) is 9.59 Å². The van der Waals surface area contributed by atoms with E-state index in [-0.39, 0.29) is 12.5 Å². The monoisotopic (exact) mass is 374 g/mol. The number of hydrogen-bond donors (Lipinski definition) is 1. The van der Waals surface area contributed by atoms with Crippen molar-refractivity contribution < 1.29 is 19.1 Å². The zero-order valence-corrected chi connectivity index (χ0v) is 15.5. The molecular formula is C19H19ClN2O4. The van der Waals surface area contributed by atoms with Gasteiger partial charge in [-0.25, -0.2) is 4.79 Å². The van der Waals surface area contributed by atoms with E-state index in [1.165, 1.54) is 25.0 Å². The van der Waals surface area contributed by atoms with Crippen molar-refractivity contribution in [3.8, 4) is 0 Å². The third kappa shape index (κ3) is 4.61. The van der Waals surface area contributed by atoms with E-state index in [4.69, 9.17) is 11.6 Å². The Morgan fingerprint density at radius 2 is 1.85 bits per heavy atom. The standard InChI is InChI=1S/C19H19ClN2O4/c1-12-16(20)8-5-9-17(12)22(13(2)23)11-18(24)21-15-7-4-6-14(10-15)19(25)26-3/h4-10H,11H2,1-3H3,(H,21,24). The van der Waals surface area contributed by atoms with Crippen LogP contribution in [0.15, 0.2) is 42.5 Å². The van der Waals surface area contributed by atoms with Gasteiger partial charge in [0.2, 0.25) is 11.8 Å². The number of anilines is 2. The first-order chi connectivity index (χ1) is 12.3. The summed E-state index contributed by atoms with van der Waals surface area (Å²) in [6.45, 7) is 2.98. The van der Waals surface area contributed by atoms with Crippen molar-refractivity contribution in [2.24, 2.45) is 0 Å². The van der Waals surface area contributed by atoms with Gasteiger partial charge in [0, 0.05) is 23.3 Å². The molecule has 0 fully saturated rings.